The van der Waals surface area contributed by atoms with Gasteiger partial charge in [0, 0.05) is 17.3 Å². The minimum Gasteiger partial charge on any atom is -0.466 e. The molecule has 3 aliphatic rings. The topological polar surface area (TPSA) is 73.2 Å². The van der Waals surface area contributed by atoms with Gasteiger partial charge in [-0.05, 0) is 69.3 Å². The van der Waals surface area contributed by atoms with E-state index in [1.54, 1.807) is 0 Å². The highest BCUT2D eigenvalue weighted by atomic mass is 16.5. The summed E-state index contributed by atoms with van der Waals surface area (Å²) in [4.78, 5) is 26.0. The number of aromatic nitrogens is 2. The van der Waals surface area contributed by atoms with Crippen LogP contribution in [-0.4, -0.2) is 34.3 Å². The molecule has 2 fully saturated rings. The standard InChI is InChI=1S/C25H31N3O3/c1-2-31-25(30)21-17-12-13-18(14-17)22(21)26-24(29)23-19-10-6-7-11-20(19)28(27-23)15-16-8-4-3-5-9-16/h3-5,8-9,17-18,21-22H,2,6-7,10-15H2,1H3,(H,26,29). The van der Waals surface area contributed by atoms with E-state index in [9.17, 15) is 9.59 Å². The lowest BCUT2D eigenvalue weighted by Crippen LogP contribution is -2.47. The Morgan fingerprint density at radius 1 is 1.13 bits per heavy atom. The minimum atomic E-state index is -0.218. The maximum atomic E-state index is 13.4. The van der Waals surface area contributed by atoms with Crippen molar-refractivity contribution in [1.82, 2.24) is 15.1 Å². The second-order valence-corrected chi connectivity index (χ2v) is 9.23. The van der Waals surface area contributed by atoms with Crippen molar-refractivity contribution in [3.63, 3.8) is 0 Å². The Morgan fingerprint density at radius 2 is 1.90 bits per heavy atom. The van der Waals surface area contributed by atoms with Crippen molar-refractivity contribution in [2.75, 3.05) is 6.61 Å². The van der Waals surface area contributed by atoms with Gasteiger partial charge in [-0.25, -0.2) is 0 Å². The van der Waals surface area contributed by atoms with Gasteiger partial charge in [0.05, 0.1) is 19.1 Å². The molecule has 1 aromatic heterocycles. The monoisotopic (exact) mass is 421 g/mol. The van der Waals surface area contributed by atoms with Crippen molar-refractivity contribution >= 4 is 11.9 Å². The molecule has 5 rings (SSSR count). The normalized spacial score (nSPS) is 26.5. The summed E-state index contributed by atoms with van der Waals surface area (Å²) in [6, 6.07) is 10.1. The number of nitrogens with one attached hydrogen (secondary N) is 1. The van der Waals surface area contributed by atoms with Crippen LogP contribution < -0.4 is 5.32 Å². The Kier molecular flexibility index (Phi) is 5.55. The summed E-state index contributed by atoms with van der Waals surface area (Å²) in [5, 5.41) is 8.01. The number of nitrogens with zero attached hydrogens (tertiary/aromatic N) is 2. The first kappa shape index (κ1) is 20.3. The maximum Gasteiger partial charge on any atom is 0.311 e. The van der Waals surface area contributed by atoms with Crippen LogP contribution in [0.15, 0.2) is 30.3 Å². The van der Waals surface area contributed by atoms with Crippen molar-refractivity contribution in [3.8, 4) is 0 Å². The number of benzene rings is 1. The van der Waals surface area contributed by atoms with Crippen molar-refractivity contribution < 1.29 is 14.3 Å². The smallest absolute Gasteiger partial charge is 0.311 e. The quantitative estimate of drug-likeness (QED) is 0.725. The van der Waals surface area contributed by atoms with Crippen LogP contribution in [0.25, 0.3) is 0 Å². The molecule has 2 bridgehead atoms. The van der Waals surface area contributed by atoms with Gasteiger partial charge in [0.1, 0.15) is 0 Å². The van der Waals surface area contributed by atoms with Crippen LogP contribution in [0.5, 0.6) is 0 Å². The molecule has 164 valence electrons. The van der Waals surface area contributed by atoms with E-state index < -0.39 is 0 Å². The van der Waals surface area contributed by atoms with E-state index in [1.165, 1.54) is 11.3 Å². The molecule has 4 atom stereocenters. The van der Waals surface area contributed by atoms with Gasteiger partial charge in [-0.2, -0.15) is 5.10 Å². The van der Waals surface area contributed by atoms with Gasteiger partial charge in [-0.15, -0.1) is 0 Å². The Bertz CT molecular complexity index is 968. The second kappa shape index (κ2) is 8.48. The van der Waals surface area contributed by atoms with E-state index in [-0.39, 0.29) is 23.8 Å². The number of fused-ring (bicyclic) bond motifs is 3. The summed E-state index contributed by atoms with van der Waals surface area (Å²) < 4.78 is 7.36. The van der Waals surface area contributed by atoms with Crippen LogP contribution in [0.4, 0.5) is 0 Å². The molecule has 0 aliphatic heterocycles. The fourth-order valence-electron chi connectivity index (χ4n) is 6.04. The highest BCUT2D eigenvalue weighted by molar-refractivity contribution is 5.94. The lowest BCUT2D eigenvalue weighted by molar-refractivity contribution is -0.150. The van der Waals surface area contributed by atoms with Crippen LogP contribution in [-0.2, 0) is 28.9 Å². The average Bonchev–Trinajstić information content (AvgIpc) is 3.48. The molecule has 4 unspecified atom stereocenters. The van der Waals surface area contributed by atoms with E-state index in [4.69, 9.17) is 9.84 Å². The first-order chi connectivity index (χ1) is 15.2. The summed E-state index contributed by atoms with van der Waals surface area (Å²) in [7, 11) is 0. The molecular weight excluding hydrogens is 390 g/mol. The predicted molar refractivity (Wildman–Crippen MR) is 117 cm³/mol. The Hall–Kier alpha value is -2.63. The molecule has 0 saturated heterocycles. The van der Waals surface area contributed by atoms with Gasteiger partial charge in [-0.3, -0.25) is 14.3 Å². The van der Waals surface area contributed by atoms with E-state index in [1.807, 2.05) is 29.8 Å². The van der Waals surface area contributed by atoms with Gasteiger partial charge >= 0.3 is 5.97 Å². The van der Waals surface area contributed by atoms with Gasteiger partial charge in [0.15, 0.2) is 5.69 Å². The third-order valence-electron chi connectivity index (χ3n) is 7.42. The zero-order valence-corrected chi connectivity index (χ0v) is 18.2. The number of hydrogen-bond acceptors (Lipinski definition) is 4. The van der Waals surface area contributed by atoms with Crippen molar-refractivity contribution in [1.29, 1.82) is 0 Å². The van der Waals surface area contributed by atoms with Crippen LogP contribution in [0.2, 0.25) is 0 Å². The van der Waals surface area contributed by atoms with Crippen LogP contribution in [0, 0.1) is 17.8 Å². The summed E-state index contributed by atoms with van der Waals surface area (Å²) in [6.45, 7) is 2.89. The molecular formula is C25H31N3O3. The van der Waals surface area contributed by atoms with E-state index >= 15 is 0 Å². The highest BCUT2D eigenvalue weighted by Gasteiger charge is 2.52. The zero-order valence-electron chi connectivity index (χ0n) is 18.2. The van der Waals surface area contributed by atoms with E-state index in [0.717, 1.165) is 50.5 Å². The zero-order chi connectivity index (χ0) is 21.4. The lowest BCUT2D eigenvalue weighted by atomic mass is 9.84. The number of ether oxygens (including phenoxy) is 1. The fourth-order valence-corrected chi connectivity index (χ4v) is 6.04. The lowest BCUT2D eigenvalue weighted by Gasteiger charge is -2.30. The molecule has 2 aromatic rings. The molecule has 6 heteroatoms. The number of amides is 1. The molecule has 2 saturated carbocycles. The maximum absolute atomic E-state index is 13.4. The SMILES string of the molecule is CCOC(=O)C1C2CCC(C2)C1NC(=O)c1nn(Cc2ccccc2)c2c1CCCC2. The second-order valence-electron chi connectivity index (χ2n) is 9.23. The largest absolute Gasteiger partial charge is 0.466 e. The molecule has 0 radical (unpaired) electrons. The van der Waals surface area contributed by atoms with Crippen LogP contribution in [0.3, 0.4) is 0 Å². The van der Waals surface area contributed by atoms with Gasteiger partial charge < -0.3 is 10.1 Å². The van der Waals surface area contributed by atoms with Crippen molar-refractivity contribution in [2.24, 2.45) is 17.8 Å². The molecule has 1 amide bonds. The Labute approximate surface area is 183 Å². The number of esters is 1. The first-order valence-electron chi connectivity index (χ1n) is 11.8. The fraction of sp³-hybridized carbons (Fsp3) is 0.560. The number of carbonyl (C=O) groups is 2. The summed E-state index contributed by atoms with van der Waals surface area (Å²) in [5.74, 6) is 0.197. The van der Waals surface area contributed by atoms with Crippen molar-refractivity contribution in [3.05, 3.63) is 52.8 Å². The minimum absolute atomic E-state index is 0.128. The molecule has 1 heterocycles. The first-order valence-corrected chi connectivity index (χ1v) is 11.8. The van der Waals surface area contributed by atoms with Crippen LogP contribution >= 0.6 is 0 Å². The van der Waals surface area contributed by atoms with Gasteiger partial charge in [0.25, 0.3) is 5.91 Å². The summed E-state index contributed by atoms with van der Waals surface area (Å²) in [5.41, 5.74) is 4.02. The molecule has 0 spiro atoms. The molecule has 31 heavy (non-hydrogen) atoms. The number of rotatable bonds is 6. The van der Waals surface area contributed by atoms with Crippen molar-refractivity contribution in [2.45, 2.75) is 64.5 Å². The third-order valence-corrected chi connectivity index (χ3v) is 7.42. The van der Waals surface area contributed by atoms with E-state index in [2.05, 4.69) is 17.4 Å². The summed E-state index contributed by atoms with van der Waals surface area (Å²) >= 11 is 0. The highest BCUT2D eigenvalue weighted by Crippen LogP contribution is 2.49. The molecule has 1 aromatic carbocycles. The van der Waals surface area contributed by atoms with Gasteiger partial charge in [-0.1, -0.05) is 30.3 Å². The average molecular weight is 422 g/mol. The van der Waals surface area contributed by atoms with Crippen LogP contribution in [0.1, 0.15) is 66.3 Å². The predicted octanol–water partition coefficient (Wildman–Crippen LogP) is 3.52. The Morgan fingerprint density at radius 3 is 2.71 bits per heavy atom. The summed E-state index contributed by atoms with van der Waals surface area (Å²) in [6.07, 6.45) is 7.21. The van der Waals surface area contributed by atoms with Gasteiger partial charge in [0.2, 0.25) is 0 Å². The number of carbonyl (C=O) groups excluding carboxylic acids is 2. The Balaban J connectivity index is 1.39. The molecule has 1 N–H and O–H groups in total. The van der Waals surface area contributed by atoms with E-state index in [0.29, 0.717) is 30.7 Å². The molecule has 3 aliphatic carbocycles. The molecule has 6 nitrogen and oxygen atoms in total. The number of hydrogen-bond donors (Lipinski definition) is 1. The third kappa shape index (κ3) is 3.77.